The highest BCUT2D eigenvalue weighted by atomic mass is 16.4. The Hall–Kier alpha value is -4.21. The first-order chi connectivity index (χ1) is 23.2. The molecule has 264 valence electrons. The van der Waals surface area contributed by atoms with E-state index < -0.39 is 29.8 Å². The lowest BCUT2D eigenvalue weighted by molar-refractivity contribution is -0.137. The number of rotatable bonds is 26. The molecule has 5 N–H and O–H groups in total. The van der Waals surface area contributed by atoms with Crippen LogP contribution < -0.4 is 16.0 Å². The van der Waals surface area contributed by atoms with Crippen molar-refractivity contribution >= 4 is 41.0 Å². The number of hydrogen-bond donors (Lipinski definition) is 5. The summed E-state index contributed by atoms with van der Waals surface area (Å²) >= 11 is 0. The second-order valence-electron chi connectivity index (χ2n) is 12.5. The van der Waals surface area contributed by atoms with Crippen molar-refractivity contribution in [2.24, 2.45) is 0 Å². The van der Waals surface area contributed by atoms with Gasteiger partial charge in [0, 0.05) is 24.2 Å². The number of unbranched alkanes of at least 4 members (excludes halogenated alkanes) is 14. The van der Waals surface area contributed by atoms with Gasteiger partial charge in [-0.1, -0.05) is 115 Å². The number of carboxylic acid groups (broad SMARTS) is 2. The lowest BCUT2D eigenvalue weighted by atomic mass is 10.0. The third kappa shape index (κ3) is 18.2. The fourth-order valence-electron chi connectivity index (χ4n) is 5.51. The number of carbonyl (C=O) groups is 5. The van der Waals surface area contributed by atoms with E-state index in [-0.39, 0.29) is 36.4 Å². The fraction of sp³-hybridized carbons (Fsp3) is 0.553. The van der Waals surface area contributed by atoms with Crippen LogP contribution in [0.25, 0.3) is 0 Å². The Kier molecular flexibility index (Phi) is 20.0. The van der Waals surface area contributed by atoms with Crippen LogP contribution in [0.15, 0.2) is 48.5 Å². The molecule has 0 saturated carbocycles. The van der Waals surface area contributed by atoms with Gasteiger partial charge in [0.2, 0.25) is 17.7 Å². The van der Waals surface area contributed by atoms with Gasteiger partial charge < -0.3 is 26.2 Å². The van der Waals surface area contributed by atoms with Crippen LogP contribution in [0.4, 0.5) is 11.4 Å². The van der Waals surface area contributed by atoms with Gasteiger partial charge in [0.1, 0.15) is 6.04 Å². The lowest BCUT2D eigenvalue weighted by Crippen LogP contribution is -2.44. The zero-order chi connectivity index (χ0) is 35.0. The van der Waals surface area contributed by atoms with E-state index in [0.29, 0.717) is 17.7 Å². The van der Waals surface area contributed by atoms with Gasteiger partial charge >= 0.3 is 11.9 Å². The first-order valence-electron chi connectivity index (χ1n) is 17.7. The number of benzene rings is 2. The van der Waals surface area contributed by atoms with Gasteiger partial charge in [-0.15, -0.1) is 0 Å². The molecule has 0 aromatic heterocycles. The molecule has 1 atom stereocenters. The van der Waals surface area contributed by atoms with Crippen molar-refractivity contribution in [2.75, 3.05) is 10.6 Å². The summed E-state index contributed by atoms with van der Waals surface area (Å²) in [4.78, 5) is 60.4. The van der Waals surface area contributed by atoms with Gasteiger partial charge in [-0.25, -0.2) is 4.79 Å². The minimum absolute atomic E-state index is 0.0245. The molecule has 10 nitrogen and oxygen atoms in total. The number of carbonyl (C=O) groups excluding carboxylic acids is 3. The molecule has 0 radical (unpaired) electrons. The molecule has 0 heterocycles. The van der Waals surface area contributed by atoms with Crippen LogP contribution in [-0.2, 0) is 25.6 Å². The SMILES string of the molecule is CCCCCCCCCCCCCCCCCC(=O)Nc1ccc(CC(=O)N[C@H](CCC(=O)O)C(=O)Nc2cccc(C(=O)O)c2)cc1. The smallest absolute Gasteiger partial charge is 0.335 e. The largest absolute Gasteiger partial charge is 0.481 e. The highest BCUT2D eigenvalue weighted by Crippen LogP contribution is 2.16. The van der Waals surface area contributed by atoms with Crippen molar-refractivity contribution < 1.29 is 34.2 Å². The quantitative estimate of drug-likeness (QED) is 0.0634. The lowest BCUT2D eigenvalue weighted by Gasteiger charge is -2.18. The molecule has 2 aromatic carbocycles. The third-order valence-corrected chi connectivity index (χ3v) is 8.29. The average Bonchev–Trinajstić information content (AvgIpc) is 3.05. The first kappa shape index (κ1) is 40.0. The third-order valence-electron chi connectivity index (χ3n) is 8.29. The molecule has 0 spiro atoms. The Morgan fingerprint density at radius 3 is 1.73 bits per heavy atom. The summed E-state index contributed by atoms with van der Waals surface area (Å²) in [5.74, 6) is -3.46. The number of aliphatic carboxylic acids is 1. The predicted molar refractivity (Wildman–Crippen MR) is 189 cm³/mol. The van der Waals surface area contributed by atoms with Crippen LogP contribution in [0.2, 0.25) is 0 Å². The summed E-state index contributed by atoms with van der Waals surface area (Å²) in [5.41, 5.74) is 1.47. The Bertz CT molecular complexity index is 1280. The topological polar surface area (TPSA) is 162 Å². The van der Waals surface area contributed by atoms with Gasteiger partial charge in [0.05, 0.1) is 12.0 Å². The summed E-state index contributed by atoms with van der Waals surface area (Å²) in [6, 6.07) is 11.4. The normalized spacial score (nSPS) is 11.4. The van der Waals surface area contributed by atoms with Gasteiger partial charge in [-0.3, -0.25) is 19.2 Å². The molecule has 2 rings (SSSR count). The van der Waals surface area contributed by atoms with E-state index in [2.05, 4.69) is 22.9 Å². The van der Waals surface area contributed by atoms with E-state index in [0.717, 1.165) is 19.3 Å². The molecule has 0 unspecified atom stereocenters. The van der Waals surface area contributed by atoms with Crippen molar-refractivity contribution in [1.82, 2.24) is 5.32 Å². The Morgan fingerprint density at radius 1 is 0.625 bits per heavy atom. The van der Waals surface area contributed by atoms with Crippen molar-refractivity contribution in [2.45, 2.75) is 135 Å². The summed E-state index contributed by atoms with van der Waals surface area (Å²) in [7, 11) is 0. The molecule has 2 aromatic rings. The van der Waals surface area contributed by atoms with Crippen LogP contribution >= 0.6 is 0 Å². The number of anilines is 2. The van der Waals surface area contributed by atoms with E-state index in [1.54, 1.807) is 24.3 Å². The number of carboxylic acids is 2. The number of aromatic carboxylic acids is 1. The monoisotopic (exact) mass is 665 g/mol. The maximum Gasteiger partial charge on any atom is 0.335 e. The molecule has 0 aliphatic heterocycles. The molecule has 0 fully saturated rings. The standard InChI is InChI=1S/C38H55N3O7/c1-2-3-4-5-6-7-8-9-10-11-12-13-14-15-16-20-34(42)39-31-23-21-29(22-24-31)27-35(43)41-33(25-26-36(44)45)37(46)40-32-19-17-18-30(28-32)38(47)48/h17-19,21-24,28,33H,2-16,20,25-27H2,1H3,(H,39,42)(H,40,46)(H,41,43)(H,44,45)(H,47,48)/t33-/m1/s1. The molecule has 10 heteroatoms. The van der Waals surface area contributed by atoms with E-state index in [4.69, 9.17) is 5.11 Å². The van der Waals surface area contributed by atoms with Crippen LogP contribution in [0, 0.1) is 0 Å². The van der Waals surface area contributed by atoms with Crippen LogP contribution in [-0.4, -0.2) is 45.9 Å². The molecule has 48 heavy (non-hydrogen) atoms. The summed E-state index contributed by atoms with van der Waals surface area (Å²) < 4.78 is 0. The van der Waals surface area contributed by atoms with E-state index in [9.17, 15) is 29.1 Å². The van der Waals surface area contributed by atoms with Gasteiger partial charge in [0.25, 0.3) is 0 Å². The summed E-state index contributed by atoms with van der Waals surface area (Å²) in [6.07, 6.45) is 19.0. The van der Waals surface area contributed by atoms with Crippen LogP contribution in [0.5, 0.6) is 0 Å². The molecule has 0 aliphatic rings. The Labute approximate surface area is 285 Å². The van der Waals surface area contributed by atoms with Crippen LogP contribution in [0.1, 0.15) is 138 Å². The molecule has 3 amide bonds. The van der Waals surface area contributed by atoms with E-state index >= 15 is 0 Å². The van der Waals surface area contributed by atoms with E-state index in [1.165, 1.54) is 101 Å². The first-order valence-corrected chi connectivity index (χ1v) is 17.7. The summed E-state index contributed by atoms with van der Waals surface area (Å²) in [6.45, 7) is 2.25. The highest BCUT2D eigenvalue weighted by molar-refractivity contribution is 5.99. The zero-order valence-electron chi connectivity index (χ0n) is 28.6. The van der Waals surface area contributed by atoms with Crippen molar-refractivity contribution in [1.29, 1.82) is 0 Å². The van der Waals surface area contributed by atoms with Gasteiger partial charge in [-0.2, -0.15) is 0 Å². The van der Waals surface area contributed by atoms with Crippen molar-refractivity contribution in [3.05, 3.63) is 59.7 Å². The second kappa shape index (κ2) is 24.0. The number of nitrogens with one attached hydrogen (secondary N) is 3. The minimum atomic E-state index is -1.16. The molecular weight excluding hydrogens is 610 g/mol. The zero-order valence-corrected chi connectivity index (χ0v) is 28.6. The maximum atomic E-state index is 12.9. The van der Waals surface area contributed by atoms with Crippen LogP contribution in [0.3, 0.4) is 0 Å². The minimum Gasteiger partial charge on any atom is -0.481 e. The van der Waals surface area contributed by atoms with Crippen molar-refractivity contribution in [3.8, 4) is 0 Å². The molecule has 0 saturated heterocycles. The highest BCUT2D eigenvalue weighted by Gasteiger charge is 2.22. The second-order valence-corrected chi connectivity index (χ2v) is 12.5. The molecule has 0 aliphatic carbocycles. The number of hydrogen-bond acceptors (Lipinski definition) is 5. The van der Waals surface area contributed by atoms with Crippen molar-refractivity contribution in [3.63, 3.8) is 0 Å². The molecule has 0 bridgehead atoms. The Morgan fingerprint density at radius 2 is 1.19 bits per heavy atom. The van der Waals surface area contributed by atoms with E-state index in [1.807, 2.05) is 0 Å². The van der Waals surface area contributed by atoms with Gasteiger partial charge in [-0.05, 0) is 48.7 Å². The maximum absolute atomic E-state index is 12.9. The number of amides is 3. The van der Waals surface area contributed by atoms with Gasteiger partial charge in [0.15, 0.2) is 0 Å². The molecular formula is C38H55N3O7. The fourth-order valence-corrected chi connectivity index (χ4v) is 5.51. The predicted octanol–water partition coefficient (Wildman–Crippen LogP) is 8.12. The summed E-state index contributed by atoms with van der Waals surface area (Å²) in [5, 5.41) is 26.3. The Balaban J connectivity index is 1.65. The average molecular weight is 666 g/mol.